The van der Waals surface area contributed by atoms with Crippen LogP contribution in [0, 0.1) is 5.82 Å². The van der Waals surface area contributed by atoms with Crippen molar-refractivity contribution in [3.05, 3.63) is 65.1 Å². The molecular weight excluding hydrogens is 447 g/mol. The quantitative estimate of drug-likeness (QED) is 0.622. The maximum Gasteiger partial charge on any atom is 0.255 e. The van der Waals surface area contributed by atoms with Crippen molar-refractivity contribution in [2.45, 2.75) is 18.9 Å². The number of pyridine rings is 1. The molecule has 182 valence electrons. The number of rotatable bonds is 4. The molecule has 6 rings (SSSR count). The Morgan fingerprint density at radius 1 is 0.943 bits per heavy atom. The van der Waals surface area contributed by atoms with Gasteiger partial charge in [0.05, 0.1) is 54.9 Å². The van der Waals surface area contributed by atoms with Gasteiger partial charge >= 0.3 is 0 Å². The number of anilines is 2. The number of hydrogen-bond donors (Lipinski definition) is 1. The molecule has 3 aliphatic rings. The maximum atomic E-state index is 15.1. The van der Waals surface area contributed by atoms with E-state index in [0.29, 0.717) is 69.4 Å². The number of hydrogen-bond acceptors (Lipinski definition) is 6. The van der Waals surface area contributed by atoms with Crippen molar-refractivity contribution in [2.24, 2.45) is 0 Å². The first-order valence-corrected chi connectivity index (χ1v) is 12.4. The molecule has 1 aliphatic carbocycles. The molecule has 1 atom stereocenters. The van der Waals surface area contributed by atoms with E-state index < -0.39 is 0 Å². The van der Waals surface area contributed by atoms with Gasteiger partial charge < -0.3 is 24.6 Å². The fourth-order valence-electron chi connectivity index (χ4n) is 5.54. The van der Waals surface area contributed by atoms with Crippen molar-refractivity contribution in [1.29, 1.82) is 0 Å². The second-order valence-corrected chi connectivity index (χ2v) is 9.28. The molecule has 0 saturated carbocycles. The van der Waals surface area contributed by atoms with Gasteiger partial charge in [-0.2, -0.15) is 0 Å². The fraction of sp³-hybridized carbons (Fsp3) is 0.407. The summed E-state index contributed by atoms with van der Waals surface area (Å²) < 4.78 is 26.2. The Labute approximate surface area is 203 Å². The molecule has 0 unspecified atom stereocenters. The highest BCUT2D eigenvalue weighted by atomic mass is 19.1. The van der Waals surface area contributed by atoms with Gasteiger partial charge in [-0.3, -0.25) is 9.78 Å². The summed E-state index contributed by atoms with van der Waals surface area (Å²) in [5, 5.41) is 4.03. The molecule has 1 aromatic heterocycles. The number of carbonyl (C=O) groups excluding carboxylic acids is 1. The number of nitrogens with zero attached hydrogens (tertiary/aromatic N) is 3. The molecule has 8 heteroatoms. The number of halogens is 1. The second kappa shape index (κ2) is 9.43. The third-order valence-electron chi connectivity index (χ3n) is 7.27. The van der Waals surface area contributed by atoms with Gasteiger partial charge in [-0.25, -0.2) is 4.39 Å². The molecule has 1 amide bonds. The van der Waals surface area contributed by atoms with E-state index in [0.717, 1.165) is 23.9 Å². The summed E-state index contributed by atoms with van der Waals surface area (Å²) in [6.07, 6.45) is 3.45. The highest BCUT2D eigenvalue weighted by Crippen LogP contribution is 2.38. The number of aromatic nitrogens is 1. The largest absolute Gasteiger partial charge is 0.378 e. The molecule has 3 heterocycles. The summed E-state index contributed by atoms with van der Waals surface area (Å²) in [4.78, 5) is 22.5. The average Bonchev–Trinajstić information content (AvgIpc) is 3.31. The monoisotopic (exact) mass is 476 g/mol. The Morgan fingerprint density at radius 2 is 1.63 bits per heavy atom. The van der Waals surface area contributed by atoms with Crippen molar-refractivity contribution in [3.63, 3.8) is 0 Å². The standard InChI is InChI=1S/C27H29FN4O3/c28-22-7-6-20-24(26(22)32-11-15-35-16-12-32)29-17-21(25(20)31-9-13-34-14-10-31)27(33)30-23-8-5-18-3-1-2-4-19(18)23/h1-4,6-7,17,23H,5,8-16H2,(H,30,33)/t23-/m0/s1. The van der Waals surface area contributed by atoms with E-state index in [4.69, 9.17) is 9.47 Å². The fourth-order valence-corrected chi connectivity index (χ4v) is 5.54. The first-order chi connectivity index (χ1) is 17.2. The van der Waals surface area contributed by atoms with E-state index in [1.165, 1.54) is 17.2 Å². The topological polar surface area (TPSA) is 66.9 Å². The number of benzene rings is 2. The van der Waals surface area contributed by atoms with Gasteiger partial charge in [0.15, 0.2) is 0 Å². The zero-order valence-corrected chi connectivity index (χ0v) is 19.6. The minimum absolute atomic E-state index is 0.0240. The Bertz CT molecular complexity index is 1250. The van der Waals surface area contributed by atoms with Crippen molar-refractivity contribution in [3.8, 4) is 0 Å². The molecular formula is C27H29FN4O3. The van der Waals surface area contributed by atoms with Crippen LogP contribution in [0.3, 0.4) is 0 Å². The molecule has 0 bridgehead atoms. The average molecular weight is 477 g/mol. The first-order valence-electron chi connectivity index (χ1n) is 12.4. The van der Waals surface area contributed by atoms with Crippen molar-refractivity contribution >= 4 is 28.2 Å². The van der Waals surface area contributed by atoms with Crippen LogP contribution in [0.2, 0.25) is 0 Å². The number of aryl methyl sites for hydroxylation is 1. The lowest BCUT2D eigenvalue weighted by Gasteiger charge is -2.33. The van der Waals surface area contributed by atoms with E-state index in [9.17, 15) is 4.79 Å². The number of nitrogens with one attached hydrogen (secondary N) is 1. The van der Waals surface area contributed by atoms with Gasteiger partial charge in [0.2, 0.25) is 0 Å². The molecule has 0 spiro atoms. The number of ether oxygens (including phenoxy) is 2. The number of amides is 1. The zero-order chi connectivity index (χ0) is 23.8. The van der Waals surface area contributed by atoms with Gasteiger partial charge in [-0.15, -0.1) is 0 Å². The molecule has 2 saturated heterocycles. The third-order valence-corrected chi connectivity index (χ3v) is 7.27. The highest BCUT2D eigenvalue weighted by molar-refractivity contribution is 6.10. The van der Waals surface area contributed by atoms with Gasteiger partial charge in [-0.05, 0) is 36.1 Å². The van der Waals surface area contributed by atoms with E-state index in [-0.39, 0.29) is 17.8 Å². The minimum atomic E-state index is -0.306. The Balaban J connectivity index is 1.43. The predicted molar refractivity (Wildman–Crippen MR) is 133 cm³/mol. The van der Waals surface area contributed by atoms with Gasteiger partial charge in [0.25, 0.3) is 5.91 Å². The number of morpholine rings is 2. The SMILES string of the molecule is O=C(N[C@H]1CCc2ccccc21)c1cnc2c(N3CCOCC3)c(F)ccc2c1N1CCOCC1. The predicted octanol–water partition coefficient (Wildman–Crippen LogP) is 3.46. The lowest BCUT2D eigenvalue weighted by atomic mass is 10.0. The number of carbonyl (C=O) groups is 1. The lowest BCUT2D eigenvalue weighted by molar-refractivity contribution is 0.0935. The molecule has 1 N–H and O–H groups in total. The third kappa shape index (κ3) is 4.10. The van der Waals surface area contributed by atoms with E-state index in [2.05, 4.69) is 27.3 Å². The Morgan fingerprint density at radius 3 is 2.37 bits per heavy atom. The normalized spacial score (nSPS) is 20.2. The molecule has 3 aromatic rings. The second-order valence-electron chi connectivity index (χ2n) is 9.28. The van der Waals surface area contributed by atoms with Crippen LogP contribution >= 0.6 is 0 Å². The van der Waals surface area contributed by atoms with Crippen LogP contribution in [-0.4, -0.2) is 63.5 Å². The van der Waals surface area contributed by atoms with Crippen molar-refractivity contribution in [2.75, 3.05) is 62.4 Å². The summed E-state index contributed by atoms with van der Waals surface area (Å²) in [5.74, 6) is -0.459. The van der Waals surface area contributed by atoms with Crippen LogP contribution in [-0.2, 0) is 15.9 Å². The van der Waals surface area contributed by atoms with Gasteiger partial charge in [-0.1, -0.05) is 24.3 Å². The molecule has 2 aliphatic heterocycles. The maximum absolute atomic E-state index is 15.1. The molecule has 7 nitrogen and oxygen atoms in total. The summed E-state index contributed by atoms with van der Waals surface area (Å²) >= 11 is 0. The molecule has 2 aromatic carbocycles. The summed E-state index contributed by atoms with van der Waals surface area (Å²) in [6.45, 7) is 4.80. The number of fused-ring (bicyclic) bond motifs is 2. The highest BCUT2D eigenvalue weighted by Gasteiger charge is 2.29. The summed E-state index contributed by atoms with van der Waals surface area (Å²) in [5.41, 5.74) is 4.85. The van der Waals surface area contributed by atoms with Crippen LogP contribution in [0.5, 0.6) is 0 Å². The van der Waals surface area contributed by atoms with Crippen LogP contribution in [0.4, 0.5) is 15.8 Å². The van der Waals surface area contributed by atoms with E-state index in [1.54, 1.807) is 12.3 Å². The van der Waals surface area contributed by atoms with Gasteiger partial charge in [0.1, 0.15) is 5.82 Å². The van der Waals surface area contributed by atoms with Crippen LogP contribution in [0.1, 0.15) is 33.9 Å². The summed E-state index contributed by atoms with van der Waals surface area (Å²) in [7, 11) is 0. The van der Waals surface area contributed by atoms with Crippen LogP contribution in [0.15, 0.2) is 42.6 Å². The van der Waals surface area contributed by atoms with Crippen LogP contribution < -0.4 is 15.1 Å². The molecule has 0 radical (unpaired) electrons. The van der Waals surface area contributed by atoms with Crippen LogP contribution in [0.25, 0.3) is 10.9 Å². The zero-order valence-electron chi connectivity index (χ0n) is 19.6. The molecule has 2 fully saturated rings. The van der Waals surface area contributed by atoms with Gasteiger partial charge in [0, 0.05) is 37.8 Å². The Kier molecular flexibility index (Phi) is 6.00. The lowest BCUT2D eigenvalue weighted by Crippen LogP contribution is -2.39. The van der Waals surface area contributed by atoms with E-state index in [1.807, 2.05) is 17.0 Å². The first kappa shape index (κ1) is 22.2. The smallest absolute Gasteiger partial charge is 0.255 e. The van der Waals surface area contributed by atoms with Crippen molar-refractivity contribution in [1.82, 2.24) is 10.3 Å². The van der Waals surface area contributed by atoms with E-state index >= 15 is 4.39 Å². The summed E-state index contributed by atoms with van der Waals surface area (Å²) in [6, 6.07) is 11.5. The molecule has 35 heavy (non-hydrogen) atoms. The minimum Gasteiger partial charge on any atom is -0.378 e. The Hall–Kier alpha value is -3.23. The van der Waals surface area contributed by atoms with Crippen molar-refractivity contribution < 1.29 is 18.7 Å².